The largest absolute Gasteiger partial charge is 0.370 e. The predicted octanol–water partition coefficient (Wildman–Crippen LogP) is 2.60. The Morgan fingerprint density at radius 2 is 1.77 bits per heavy atom. The quantitative estimate of drug-likeness (QED) is 0.815. The Morgan fingerprint density at radius 3 is 2.50 bits per heavy atom. The second-order valence-corrected chi connectivity index (χ2v) is 7.88. The number of carbonyl (C=O) groups is 2. The lowest BCUT2D eigenvalue weighted by Gasteiger charge is -2.43. The van der Waals surface area contributed by atoms with E-state index in [4.69, 9.17) is 4.74 Å². The summed E-state index contributed by atoms with van der Waals surface area (Å²) in [4.78, 5) is 29.0. The van der Waals surface area contributed by atoms with Crippen molar-refractivity contribution in [2.75, 3.05) is 19.6 Å². The van der Waals surface area contributed by atoms with Crippen molar-refractivity contribution in [2.45, 2.75) is 57.3 Å². The molecule has 0 bridgehead atoms. The fourth-order valence-corrected chi connectivity index (χ4v) is 4.41. The van der Waals surface area contributed by atoms with E-state index in [1.54, 1.807) is 0 Å². The summed E-state index contributed by atoms with van der Waals surface area (Å²) in [5.41, 5.74) is 1.16. The van der Waals surface area contributed by atoms with Gasteiger partial charge >= 0.3 is 0 Å². The first-order valence-corrected chi connectivity index (χ1v) is 9.94. The van der Waals surface area contributed by atoms with Gasteiger partial charge < -0.3 is 14.5 Å². The molecule has 2 amide bonds. The molecule has 0 aromatic heterocycles. The van der Waals surface area contributed by atoms with Crippen molar-refractivity contribution in [3.8, 4) is 0 Å². The zero-order valence-corrected chi connectivity index (χ0v) is 15.3. The SMILES string of the molecule is O=C(C1CCC(=O)N(C2CCCC2)C1)N1CC(OCc2ccccc2)C1. The van der Waals surface area contributed by atoms with Crippen LogP contribution in [-0.4, -0.2) is 53.4 Å². The van der Waals surface area contributed by atoms with Crippen LogP contribution in [0.1, 0.15) is 44.1 Å². The summed E-state index contributed by atoms with van der Waals surface area (Å²) in [7, 11) is 0. The van der Waals surface area contributed by atoms with Crippen LogP contribution in [0.15, 0.2) is 30.3 Å². The summed E-state index contributed by atoms with van der Waals surface area (Å²) in [5.74, 6) is 0.428. The number of piperidine rings is 1. The number of ether oxygens (including phenoxy) is 1. The van der Waals surface area contributed by atoms with E-state index in [2.05, 4.69) is 12.1 Å². The van der Waals surface area contributed by atoms with Crippen LogP contribution >= 0.6 is 0 Å². The van der Waals surface area contributed by atoms with Gasteiger partial charge in [0.05, 0.1) is 18.6 Å². The topological polar surface area (TPSA) is 49.9 Å². The number of hydrogen-bond acceptors (Lipinski definition) is 3. The molecule has 0 spiro atoms. The number of rotatable bonds is 5. The first kappa shape index (κ1) is 17.5. The molecule has 1 aromatic rings. The van der Waals surface area contributed by atoms with Gasteiger partial charge in [-0.25, -0.2) is 0 Å². The number of likely N-dealkylation sites (tertiary alicyclic amines) is 2. The number of nitrogens with zero attached hydrogens (tertiary/aromatic N) is 2. The Morgan fingerprint density at radius 1 is 1.04 bits per heavy atom. The van der Waals surface area contributed by atoms with Crippen molar-refractivity contribution in [1.29, 1.82) is 0 Å². The Kier molecular flexibility index (Phi) is 5.25. The Balaban J connectivity index is 1.24. The summed E-state index contributed by atoms with van der Waals surface area (Å²) in [6.45, 7) is 2.58. The van der Waals surface area contributed by atoms with Crippen molar-refractivity contribution in [1.82, 2.24) is 9.80 Å². The highest BCUT2D eigenvalue weighted by Crippen LogP contribution is 2.30. The Hall–Kier alpha value is -1.88. The lowest BCUT2D eigenvalue weighted by Crippen LogP contribution is -2.58. The third-order valence-corrected chi connectivity index (χ3v) is 6.05. The lowest BCUT2D eigenvalue weighted by molar-refractivity contribution is -0.155. The van der Waals surface area contributed by atoms with Crippen molar-refractivity contribution in [3.05, 3.63) is 35.9 Å². The molecule has 1 aliphatic carbocycles. The van der Waals surface area contributed by atoms with Crippen LogP contribution in [-0.2, 0) is 20.9 Å². The maximum Gasteiger partial charge on any atom is 0.227 e. The molecule has 3 aliphatic rings. The average molecular weight is 356 g/mol. The van der Waals surface area contributed by atoms with Gasteiger partial charge in [0.2, 0.25) is 11.8 Å². The molecule has 1 unspecified atom stereocenters. The number of amides is 2. The van der Waals surface area contributed by atoms with Crippen molar-refractivity contribution in [2.24, 2.45) is 5.92 Å². The van der Waals surface area contributed by atoms with Gasteiger partial charge in [-0.2, -0.15) is 0 Å². The highest BCUT2D eigenvalue weighted by atomic mass is 16.5. The number of benzene rings is 1. The molecule has 2 heterocycles. The van der Waals surface area contributed by atoms with E-state index in [1.807, 2.05) is 28.0 Å². The molecule has 1 aromatic carbocycles. The van der Waals surface area contributed by atoms with Gasteiger partial charge in [-0.1, -0.05) is 43.2 Å². The average Bonchev–Trinajstić information content (AvgIpc) is 3.16. The van der Waals surface area contributed by atoms with E-state index < -0.39 is 0 Å². The zero-order chi connectivity index (χ0) is 17.9. The summed E-state index contributed by atoms with van der Waals surface area (Å²) in [6.07, 6.45) is 5.98. The van der Waals surface area contributed by atoms with Gasteiger partial charge in [-0.05, 0) is 24.8 Å². The summed E-state index contributed by atoms with van der Waals surface area (Å²) < 4.78 is 5.89. The van der Waals surface area contributed by atoms with Crippen LogP contribution in [0.25, 0.3) is 0 Å². The second-order valence-electron chi connectivity index (χ2n) is 7.88. The summed E-state index contributed by atoms with van der Waals surface area (Å²) in [5, 5.41) is 0. The highest BCUT2D eigenvalue weighted by Gasteiger charge is 2.40. The number of hydrogen-bond donors (Lipinski definition) is 0. The molecule has 5 heteroatoms. The molecule has 2 aliphatic heterocycles. The third kappa shape index (κ3) is 3.78. The molecule has 3 fully saturated rings. The third-order valence-electron chi connectivity index (χ3n) is 6.05. The molecule has 0 N–H and O–H groups in total. The molecular weight excluding hydrogens is 328 g/mol. The van der Waals surface area contributed by atoms with E-state index in [-0.39, 0.29) is 23.8 Å². The predicted molar refractivity (Wildman–Crippen MR) is 98.3 cm³/mol. The molecule has 2 saturated heterocycles. The van der Waals surface area contributed by atoms with Gasteiger partial charge in [0.1, 0.15) is 0 Å². The molecule has 5 nitrogen and oxygen atoms in total. The van der Waals surface area contributed by atoms with Gasteiger partial charge in [0.25, 0.3) is 0 Å². The lowest BCUT2D eigenvalue weighted by atomic mass is 9.93. The van der Waals surface area contributed by atoms with E-state index in [0.29, 0.717) is 45.1 Å². The molecular formula is C21H28N2O3. The van der Waals surface area contributed by atoms with Crippen molar-refractivity contribution in [3.63, 3.8) is 0 Å². The van der Waals surface area contributed by atoms with Crippen LogP contribution < -0.4 is 0 Å². The zero-order valence-electron chi connectivity index (χ0n) is 15.3. The second kappa shape index (κ2) is 7.78. The fourth-order valence-electron chi connectivity index (χ4n) is 4.41. The summed E-state index contributed by atoms with van der Waals surface area (Å²) in [6, 6.07) is 10.5. The Bertz CT molecular complexity index is 636. The van der Waals surface area contributed by atoms with E-state index in [1.165, 1.54) is 12.8 Å². The van der Waals surface area contributed by atoms with Crippen LogP contribution in [0, 0.1) is 5.92 Å². The van der Waals surface area contributed by atoms with Crippen LogP contribution in [0.5, 0.6) is 0 Å². The smallest absolute Gasteiger partial charge is 0.227 e. The van der Waals surface area contributed by atoms with Gasteiger partial charge in [0, 0.05) is 32.1 Å². The molecule has 1 saturated carbocycles. The van der Waals surface area contributed by atoms with Gasteiger partial charge in [-0.15, -0.1) is 0 Å². The fraction of sp³-hybridized carbons (Fsp3) is 0.619. The van der Waals surface area contributed by atoms with Gasteiger partial charge in [0.15, 0.2) is 0 Å². The normalized spacial score (nSPS) is 24.8. The molecule has 1 atom stereocenters. The first-order chi connectivity index (χ1) is 12.7. The van der Waals surface area contributed by atoms with Crippen LogP contribution in [0.2, 0.25) is 0 Å². The minimum absolute atomic E-state index is 0.0247. The van der Waals surface area contributed by atoms with Gasteiger partial charge in [-0.3, -0.25) is 9.59 Å². The summed E-state index contributed by atoms with van der Waals surface area (Å²) >= 11 is 0. The Labute approximate surface area is 155 Å². The maximum absolute atomic E-state index is 12.8. The number of carbonyl (C=O) groups excluding carboxylic acids is 2. The minimum atomic E-state index is -0.0247. The van der Waals surface area contributed by atoms with Crippen LogP contribution in [0.4, 0.5) is 0 Å². The monoisotopic (exact) mass is 356 g/mol. The molecule has 0 radical (unpaired) electrons. The molecule has 26 heavy (non-hydrogen) atoms. The van der Waals surface area contributed by atoms with E-state index in [9.17, 15) is 9.59 Å². The van der Waals surface area contributed by atoms with Crippen molar-refractivity contribution < 1.29 is 14.3 Å². The van der Waals surface area contributed by atoms with E-state index >= 15 is 0 Å². The van der Waals surface area contributed by atoms with Crippen molar-refractivity contribution >= 4 is 11.8 Å². The van der Waals surface area contributed by atoms with Crippen LogP contribution in [0.3, 0.4) is 0 Å². The molecule has 140 valence electrons. The van der Waals surface area contributed by atoms with E-state index in [0.717, 1.165) is 18.4 Å². The minimum Gasteiger partial charge on any atom is -0.370 e. The standard InChI is InChI=1S/C21H28N2O3/c24-20-11-10-17(12-23(20)18-8-4-5-9-18)21(25)22-13-19(14-22)26-15-16-6-2-1-3-7-16/h1-3,6-7,17-19H,4-5,8-15H2. The highest BCUT2D eigenvalue weighted by molar-refractivity contribution is 5.84. The maximum atomic E-state index is 12.8. The first-order valence-electron chi connectivity index (χ1n) is 9.94. The molecule has 4 rings (SSSR count).